The van der Waals surface area contributed by atoms with E-state index in [1.54, 1.807) is 0 Å². The van der Waals surface area contributed by atoms with Gasteiger partial charge in [0.25, 0.3) is 0 Å². The Morgan fingerprint density at radius 2 is 1.95 bits per heavy atom. The highest BCUT2D eigenvalue weighted by atomic mass is 32.1. The number of thiazole rings is 1. The average Bonchev–Trinajstić information content (AvgIpc) is 2.76. The lowest BCUT2D eigenvalue weighted by Gasteiger charge is -2.01. The van der Waals surface area contributed by atoms with E-state index in [9.17, 15) is 8.78 Å². The maximum Gasteiger partial charge on any atom is 0.136 e. The molecule has 0 radical (unpaired) electrons. The van der Waals surface area contributed by atoms with Crippen LogP contribution in [0.5, 0.6) is 0 Å². The molecule has 0 saturated heterocycles. The van der Waals surface area contributed by atoms with Crippen LogP contribution in [0, 0.1) is 18.6 Å². The lowest BCUT2D eigenvalue weighted by molar-refractivity contribution is 0.589. The van der Waals surface area contributed by atoms with E-state index < -0.39 is 11.6 Å². The fourth-order valence-corrected chi connectivity index (χ4v) is 2.99. The molecule has 0 unspecified atom stereocenters. The van der Waals surface area contributed by atoms with Crippen molar-refractivity contribution in [1.82, 2.24) is 10.3 Å². The van der Waals surface area contributed by atoms with Crippen LogP contribution >= 0.6 is 11.3 Å². The van der Waals surface area contributed by atoms with Crippen LogP contribution in [-0.4, -0.2) is 11.5 Å². The quantitative estimate of drug-likeness (QED) is 0.805. The Morgan fingerprint density at radius 1 is 1.25 bits per heavy atom. The molecule has 108 valence electrons. The summed E-state index contributed by atoms with van der Waals surface area (Å²) in [6, 6.07) is 3.88. The number of aryl methyl sites for hydroxylation is 1. The first kappa shape index (κ1) is 15.1. The average molecular weight is 296 g/mol. The van der Waals surface area contributed by atoms with Crippen molar-refractivity contribution in [3.8, 4) is 10.6 Å². The fraction of sp³-hybridized carbons (Fsp3) is 0.400. The van der Waals surface area contributed by atoms with Crippen molar-refractivity contribution in [2.75, 3.05) is 6.54 Å². The van der Waals surface area contributed by atoms with Crippen LogP contribution in [0.15, 0.2) is 18.2 Å². The zero-order valence-electron chi connectivity index (χ0n) is 11.7. The summed E-state index contributed by atoms with van der Waals surface area (Å²) in [7, 11) is 0. The highest BCUT2D eigenvalue weighted by Crippen LogP contribution is 2.31. The molecule has 2 rings (SSSR count). The van der Waals surface area contributed by atoms with Crippen LogP contribution in [0.4, 0.5) is 8.78 Å². The Bertz CT molecular complexity index is 561. The van der Waals surface area contributed by atoms with Crippen LogP contribution in [0.25, 0.3) is 10.6 Å². The van der Waals surface area contributed by atoms with E-state index >= 15 is 0 Å². The second-order valence-electron chi connectivity index (χ2n) is 4.65. The predicted molar refractivity (Wildman–Crippen MR) is 78.8 cm³/mol. The van der Waals surface area contributed by atoms with Gasteiger partial charge in [-0.25, -0.2) is 13.8 Å². The van der Waals surface area contributed by atoms with Gasteiger partial charge in [0.05, 0.1) is 11.3 Å². The predicted octanol–water partition coefficient (Wildman–Crippen LogP) is 4.29. The molecule has 0 bridgehead atoms. The van der Waals surface area contributed by atoms with Crippen molar-refractivity contribution in [2.24, 2.45) is 0 Å². The Hall–Kier alpha value is -1.33. The van der Waals surface area contributed by atoms with Crippen LogP contribution in [-0.2, 0) is 6.54 Å². The lowest BCUT2D eigenvalue weighted by Crippen LogP contribution is -2.14. The van der Waals surface area contributed by atoms with E-state index in [1.165, 1.54) is 29.5 Å². The maximum absolute atomic E-state index is 13.7. The topological polar surface area (TPSA) is 24.9 Å². The molecule has 0 spiro atoms. The smallest absolute Gasteiger partial charge is 0.136 e. The molecule has 1 aromatic heterocycles. The number of hydrogen-bond acceptors (Lipinski definition) is 3. The number of rotatable bonds is 6. The zero-order valence-corrected chi connectivity index (χ0v) is 12.5. The third-order valence-electron chi connectivity index (χ3n) is 3.06. The summed E-state index contributed by atoms with van der Waals surface area (Å²) in [5.41, 5.74) is 0.803. The Morgan fingerprint density at radius 3 is 2.60 bits per heavy atom. The van der Waals surface area contributed by atoms with Crippen molar-refractivity contribution in [3.05, 3.63) is 40.4 Å². The van der Waals surface area contributed by atoms with Crippen LogP contribution in [0.3, 0.4) is 0 Å². The van der Waals surface area contributed by atoms with Crippen molar-refractivity contribution in [3.63, 3.8) is 0 Å². The van der Waals surface area contributed by atoms with Gasteiger partial charge in [0.1, 0.15) is 16.6 Å². The summed E-state index contributed by atoms with van der Waals surface area (Å²) < 4.78 is 27.5. The van der Waals surface area contributed by atoms with E-state index in [4.69, 9.17) is 0 Å². The molecule has 1 heterocycles. The molecular formula is C15H18F2N2S. The SMILES string of the molecule is CCCCNCc1sc(-c2c(F)cccc2F)nc1C. The van der Waals surface area contributed by atoms with Gasteiger partial charge >= 0.3 is 0 Å². The molecular weight excluding hydrogens is 278 g/mol. The van der Waals surface area contributed by atoms with E-state index in [0.717, 1.165) is 30.0 Å². The molecule has 0 amide bonds. The molecule has 2 aromatic rings. The molecule has 0 fully saturated rings. The number of benzene rings is 1. The third kappa shape index (κ3) is 3.41. The van der Waals surface area contributed by atoms with Crippen LogP contribution < -0.4 is 5.32 Å². The van der Waals surface area contributed by atoms with Crippen molar-refractivity contribution < 1.29 is 8.78 Å². The Balaban J connectivity index is 2.18. The summed E-state index contributed by atoms with van der Waals surface area (Å²) in [5, 5.41) is 3.73. The molecule has 5 heteroatoms. The second kappa shape index (κ2) is 6.90. The highest BCUT2D eigenvalue weighted by Gasteiger charge is 2.16. The summed E-state index contributed by atoms with van der Waals surface area (Å²) in [6.45, 7) is 5.64. The molecule has 20 heavy (non-hydrogen) atoms. The van der Waals surface area contributed by atoms with Crippen LogP contribution in [0.1, 0.15) is 30.3 Å². The number of hydrogen-bond donors (Lipinski definition) is 1. The lowest BCUT2D eigenvalue weighted by atomic mass is 10.2. The largest absolute Gasteiger partial charge is 0.312 e. The summed E-state index contributed by atoms with van der Waals surface area (Å²) in [4.78, 5) is 5.33. The first-order valence-corrected chi connectivity index (χ1v) is 7.56. The van der Waals surface area contributed by atoms with E-state index in [0.29, 0.717) is 11.6 Å². The van der Waals surface area contributed by atoms with E-state index in [2.05, 4.69) is 17.2 Å². The van der Waals surface area contributed by atoms with Gasteiger partial charge in [-0.05, 0) is 32.0 Å². The maximum atomic E-state index is 13.7. The molecule has 2 nitrogen and oxygen atoms in total. The first-order chi connectivity index (χ1) is 9.63. The van der Waals surface area contributed by atoms with Crippen molar-refractivity contribution >= 4 is 11.3 Å². The van der Waals surface area contributed by atoms with E-state index in [-0.39, 0.29) is 5.56 Å². The highest BCUT2D eigenvalue weighted by molar-refractivity contribution is 7.15. The third-order valence-corrected chi connectivity index (χ3v) is 4.24. The van der Waals surface area contributed by atoms with Gasteiger partial charge < -0.3 is 5.32 Å². The summed E-state index contributed by atoms with van der Waals surface area (Å²) in [6.07, 6.45) is 2.26. The summed E-state index contributed by atoms with van der Waals surface area (Å²) >= 11 is 1.35. The van der Waals surface area contributed by atoms with Gasteiger partial charge in [-0.15, -0.1) is 11.3 Å². The Kier molecular flexibility index (Phi) is 5.20. The fourth-order valence-electron chi connectivity index (χ4n) is 1.90. The summed E-state index contributed by atoms with van der Waals surface area (Å²) in [5.74, 6) is -1.13. The standard InChI is InChI=1S/C15H18F2N2S/c1-3-4-8-18-9-13-10(2)19-15(20-13)14-11(16)6-5-7-12(14)17/h5-7,18H,3-4,8-9H2,1-2H3. The molecule has 0 aliphatic heterocycles. The molecule has 0 aliphatic carbocycles. The van der Waals surface area contributed by atoms with Crippen molar-refractivity contribution in [1.29, 1.82) is 0 Å². The van der Waals surface area contributed by atoms with Gasteiger partial charge in [0, 0.05) is 11.4 Å². The zero-order chi connectivity index (χ0) is 14.5. The number of unbranched alkanes of at least 4 members (excludes halogenated alkanes) is 1. The number of nitrogens with one attached hydrogen (secondary N) is 1. The minimum atomic E-state index is -0.566. The first-order valence-electron chi connectivity index (χ1n) is 6.75. The van der Waals surface area contributed by atoms with Crippen molar-refractivity contribution in [2.45, 2.75) is 33.2 Å². The second-order valence-corrected chi connectivity index (χ2v) is 5.74. The number of aromatic nitrogens is 1. The number of nitrogens with zero attached hydrogens (tertiary/aromatic N) is 1. The van der Waals surface area contributed by atoms with Crippen LogP contribution in [0.2, 0.25) is 0 Å². The minimum absolute atomic E-state index is 0.0274. The van der Waals surface area contributed by atoms with Gasteiger partial charge in [0.15, 0.2) is 0 Å². The minimum Gasteiger partial charge on any atom is -0.312 e. The van der Waals surface area contributed by atoms with Gasteiger partial charge in [0.2, 0.25) is 0 Å². The normalized spacial score (nSPS) is 11.0. The monoisotopic (exact) mass is 296 g/mol. The Labute approximate surface area is 121 Å². The van der Waals surface area contributed by atoms with Gasteiger partial charge in [-0.3, -0.25) is 0 Å². The molecule has 0 aliphatic rings. The van der Waals surface area contributed by atoms with E-state index in [1.807, 2.05) is 6.92 Å². The molecule has 1 N–H and O–H groups in total. The van der Waals surface area contributed by atoms with Gasteiger partial charge in [-0.1, -0.05) is 19.4 Å². The van der Waals surface area contributed by atoms with Gasteiger partial charge in [-0.2, -0.15) is 0 Å². The molecule has 0 atom stereocenters. The molecule has 0 saturated carbocycles. The molecule has 1 aromatic carbocycles. The number of halogens is 2.